The summed E-state index contributed by atoms with van der Waals surface area (Å²) in [7, 11) is 0. The predicted molar refractivity (Wildman–Crippen MR) is 127 cm³/mol. The van der Waals surface area contributed by atoms with E-state index in [1.54, 1.807) is 36.5 Å². The van der Waals surface area contributed by atoms with Gasteiger partial charge in [0.05, 0.1) is 40.2 Å². The lowest BCUT2D eigenvalue weighted by Crippen LogP contribution is -2.14. The molecule has 0 aliphatic heterocycles. The van der Waals surface area contributed by atoms with Crippen LogP contribution < -0.4 is 11.3 Å². The first-order chi connectivity index (χ1) is 17.3. The first-order valence-electron chi connectivity index (χ1n) is 10.6. The van der Waals surface area contributed by atoms with E-state index in [4.69, 9.17) is 5.73 Å². The van der Waals surface area contributed by atoms with Crippen LogP contribution in [-0.4, -0.2) is 34.9 Å². The molecular formula is C24H15F3N8O. The van der Waals surface area contributed by atoms with Crippen LogP contribution in [0.4, 0.5) is 18.9 Å². The van der Waals surface area contributed by atoms with E-state index in [0.717, 1.165) is 28.0 Å². The number of benzene rings is 2. The molecule has 4 aromatic heterocycles. The van der Waals surface area contributed by atoms with Crippen molar-refractivity contribution in [1.82, 2.24) is 34.9 Å². The molecule has 178 valence electrons. The Morgan fingerprint density at radius 2 is 1.83 bits per heavy atom. The van der Waals surface area contributed by atoms with Crippen LogP contribution in [0.5, 0.6) is 0 Å². The normalized spacial score (nSPS) is 12.0. The Morgan fingerprint density at radius 1 is 1.03 bits per heavy atom. The van der Waals surface area contributed by atoms with E-state index < -0.39 is 17.3 Å². The molecule has 36 heavy (non-hydrogen) atoms. The second-order valence-electron chi connectivity index (χ2n) is 8.04. The number of nitrogen functional groups attached to an aromatic ring is 1. The molecule has 0 bridgehead atoms. The van der Waals surface area contributed by atoms with Gasteiger partial charge in [0.25, 0.3) is 5.56 Å². The van der Waals surface area contributed by atoms with Crippen molar-refractivity contribution in [2.45, 2.75) is 6.18 Å². The van der Waals surface area contributed by atoms with Crippen molar-refractivity contribution in [2.75, 3.05) is 5.73 Å². The molecular weight excluding hydrogens is 473 g/mol. The van der Waals surface area contributed by atoms with E-state index in [1.165, 1.54) is 12.4 Å². The molecule has 2 aromatic carbocycles. The number of fused-ring (bicyclic) bond motifs is 2. The lowest BCUT2D eigenvalue weighted by molar-refractivity contribution is -0.137. The van der Waals surface area contributed by atoms with Crippen molar-refractivity contribution in [3.05, 3.63) is 83.3 Å². The third-order valence-electron chi connectivity index (χ3n) is 5.89. The van der Waals surface area contributed by atoms with Gasteiger partial charge in [-0.15, -0.1) is 0 Å². The number of pyridine rings is 1. The monoisotopic (exact) mass is 488 g/mol. The van der Waals surface area contributed by atoms with E-state index in [1.807, 2.05) is 6.07 Å². The Balaban J connectivity index is 1.71. The van der Waals surface area contributed by atoms with Crippen LogP contribution in [0.25, 0.3) is 50.0 Å². The molecule has 0 aliphatic carbocycles. The van der Waals surface area contributed by atoms with Gasteiger partial charge < -0.3 is 10.7 Å². The number of alkyl halides is 3. The molecule has 0 atom stereocenters. The van der Waals surface area contributed by atoms with Gasteiger partial charge in [-0.2, -0.15) is 23.4 Å². The number of nitrogens with one attached hydrogen (secondary N) is 2. The highest BCUT2D eigenvalue weighted by molar-refractivity contribution is 6.07. The van der Waals surface area contributed by atoms with Crippen LogP contribution in [0, 0.1) is 0 Å². The van der Waals surface area contributed by atoms with Gasteiger partial charge in [-0.1, -0.05) is 12.1 Å². The lowest BCUT2D eigenvalue weighted by Gasteiger charge is -2.15. The number of rotatable bonds is 3. The summed E-state index contributed by atoms with van der Waals surface area (Å²) in [5.41, 5.74) is 7.78. The number of halogens is 3. The SMILES string of the molecule is Nc1c(-c2cccc3[nH]ncc23)cc(-n2cc(C(F)(F)F)cn2)c2nc(-c3ccncc3)[nH]c(=O)c12. The molecule has 0 saturated heterocycles. The second kappa shape index (κ2) is 7.77. The maximum absolute atomic E-state index is 13.4. The standard InChI is InChI=1S/C24H15F3N8O/c25-24(26,27)13-9-31-35(11-13)18-8-15(14-2-1-3-17-16(14)10-30-34-17)20(28)19-21(18)32-22(33-23(19)36)12-4-6-29-7-5-12/h1-11H,28H2,(H,30,34)(H,32,33,36). The average molecular weight is 488 g/mol. The van der Waals surface area contributed by atoms with Gasteiger partial charge in [0.2, 0.25) is 0 Å². The number of H-pyrrole nitrogens is 2. The van der Waals surface area contributed by atoms with Gasteiger partial charge in [0.1, 0.15) is 11.3 Å². The summed E-state index contributed by atoms with van der Waals surface area (Å²) in [4.78, 5) is 24.6. The molecule has 0 aliphatic rings. The van der Waals surface area contributed by atoms with E-state index >= 15 is 0 Å². The Kier molecular flexibility index (Phi) is 4.64. The van der Waals surface area contributed by atoms with E-state index in [2.05, 4.69) is 30.2 Å². The van der Waals surface area contributed by atoms with Gasteiger partial charge in [0.15, 0.2) is 0 Å². The van der Waals surface area contributed by atoms with Crippen LogP contribution in [0.15, 0.2) is 72.2 Å². The van der Waals surface area contributed by atoms with Gasteiger partial charge in [-0.25, -0.2) is 9.67 Å². The molecule has 6 aromatic rings. The summed E-state index contributed by atoms with van der Waals surface area (Å²) in [5.74, 6) is 0.212. The Hall–Kier alpha value is -5.00. The van der Waals surface area contributed by atoms with Crippen LogP contribution in [0.1, 0.15) is 5.56 Å². The summed E-state index contributed by atoms with van der Waals surface area (Å²) in [6, 6.07) is 10.3. The minimum atomic E-state index is -4.60. The second-order valence-corrected chi connectivity index (χ2v) is 8.04. The summed E-state index contributed by atoms with van der Waals surface area (Å²) in [6.07, 6.45) is 1.65. The molecule has 9 nitrogen and oxygen atoms in total. The number of hydrogen-bond donors (Lipinski definition) is 3. The molecule has 4 heterocycles. The van der Waals surface area contributed by atoms with Crippen molar-refractivity contribution >= 4 is 27.5 Å². The molecule has 0 unspecified atom stereocenters. The molecule has 12 heteroatoms. The van der Waals surface area contributed by atoms with Gasteiger partial charge in [0, 0.05) is 35.1 Å². The highest BCUT2D eigenvalue weighted by Gasteiger charge is 2.32. The van der Waals surface area contributed by atoms with Crippen molar-refractivity contribution in [3.63, 3.8) is 0 Å². The number of hydrogen-bond acceptors (Lipinski definition) is 6. The topological polar surface area (TPSA) is 131 Å². The van der Waals surface area contributed by atoms with E-state index in [0.29, 0.717) is 16.7 Å². The minimum absolute atomic E-state index is 0.0323. The molecule has 6 rings (SSSR count). The van der Waals surface area contributed by atoms with E-state index in [9.17, 15) is 18.0 Å². The maximum atomic E-state index is 13.4. The van der Waals surface area contributed by atoms with Crippen molar-refractivity contribution in [3.8, 4) is 28.2 Å². The van der Waals surface area contributed by atoms with Crippen molar-refractivity contribution < 1.29 is 13.2 Å². The van der Waals surface area contributed by atoms with Crippen molar-refractivity contribution in [1.29, 1.82) is 0 Å². The zero-order valence-electron chi connectivity index (χ0n) is 18.2. The van der Waals surface area contributed by atoms with Gasteiger partial charge in [-0.3, -0.25) is 14.9 Å². The number of anilines is 1. The lowest BCUT2D eigenvalue weighted by atomic mass is 9.97. The zero-order chi connectivity index (χ0) is 25.0. The number of aromatic nitrogens is 7. The molecule has 0 saturated carbocycles. The summed E-state index contributed by atoms with van der Waals surface area (Å²) >= 11 is 0. The van der Waals surface area contributed by atoms with Crippen LogP contribution in [0.3, 0.4) is 0 Å². The van der Waals surface area contributed by atoms with Crippen LogP contribution >= 0.6 is 0 Å². The number of nitrogens with zero attached hydrogens (tertiary/aromatic N) is 5. The quantitative estimate of drug-likeness (QED) is 0.318. The van der Waals surface area contributed by atoms with Gasteiger partial charge >= 0.3 is 6.18 Å². The van der Waals surface area contributed by atoms with Crippen molar-refractivity contribution in [2.24, 2.45) is 0 Å². The first-order valence-corrected chi connectivity index (χ1v) is 10.6. The van der Waals surface area contributed by atoms with Gasteiger partial charge in [-0.05, 0) is 29.8 Å². The summed E-state index contributed by atoms with van der Waals surface area (Å²) < 4.78 is 41.2. The number of aromatic amines is 2. The Labute approximate surface area is 199 Å². The number of nitrogens with two attached hydrogens (primary N) is 1. The Bertz CT molecular complexity index is 1820. The fourth-order valence-electron chi connectivity index (χ4n) is 4.17. The largest absolute Gasteiger partial charge is 0.419 e. The first kappa shape index (κ1) is 21.5. The molecule has 0 spiro atoms. The molecule has 0 radical (unpaired) electrons. The zero-order valence-corrected chi connectivity index (χ0v) is 18.2. The molecule has 4 N–H and O–H groups in total. The fourth-order valence-corrected chi connectivity index (χ4v) is 4.17. The third-order valence-corrected chi connectivity index (χ3v) is 5.89. The predicted octanol–water partition coefficient (Wildman–Crippen LogP) is 4.32. The third kappa shape index (κ3) is 3.38. The Morgan fingerprint density at radius 3 is 2.58 bits per heavy atom. The van der Waals surface area contributed by atoms with Crippen LogP contribution in [0.2, 0.25) is 0 Å². The van der Waals surface area contributed by atoms with E-state index in [-0.39, 0.29) is 28.1 Å². The summed E-state index contributed by atoms with van der Waals surface area (Å²) in [6.45, 7) is 0. The fraction of sp³-hybridized carbons (Fsp3) is 0.0417. The maximum Gasteiger partial charge on any atom is 0.419 e. The molecule has 0 amide bonds. The highest BCUT2D eigenvalue weighted by Crippen LogP contribution is 2.38. The van der Waals surface area contributed by atoms with Crippen LogP contribution in [-0.2, 0) is 6.18 Å². The molecule has 0 fully saturated rings. The highest BCUT2D eigenvalue weighted by atomic mass is 19.4. The smallest absolute Gasteiger partial charge is 0.398 e. The minimum Gasteiger partial charge on any atom is -0.398 e. The average Bonchev–Trinajstić information content (AvgIpc) is 3.55. The summed E-state index contributed by atoms with van der Waals surface area (Å²) in [5, 5.41) is 11.6.